The Morgan fingerprint density at radius 2 is 2.00 bits per heavy atom. The average molecular weight is 244 g/mol. The summed E-state index contributed by atoms with van der Waals surface area (Å²) in [6, 6.07) is 8.29. The van der Waals surface area contributed by atoms with Gasteiger partial charge in [0.05, 0.1) is 6.54 Å². The number of aryl methyl sites for hydroxylation is 2. The number of hydrogen-bond acceptors (Lipinski definition) is 3. The molecule has 0 aliphatic rings. The number of nitrogens with zero attached hydrogens (tertiary/aromatic N) is 4. The molecule has 1 heterocycles. The normalized spacial score (nSPS) is 11.2. The summed E-state index contributed by atoms with van der Waals surface area (Å²) in [6.07, 6.45) is 0. The van der Waals surface area contributed by atoms with Gasteiger partial charge in [-0.25, -0.2) is 9.67 Å². The fourth-order valence-corrected chi connectivity index (χ4v) is 1.83. The van der Waals surface area contributed by atoms with Gasteiger partial charge in [-0.3, -0.25) is 0 Å². The Labute approximate surface area is 108 Å². The lowest BCUT2D eigenvalue weighted by Gasteiger charge is -2.09. The maximum absolute atomic E-state index is 4.57. The molecule has 0 spiro atoms. The first-order valence-electron chi connectivity index (χ1n) is 6.19. The molecule has 0 fully saturated rings. The predicted octanol–water partition coefficient (Wildman–Crippen LogP) is 2.12. The molecule has 0 saturated carbocycles. The third-order valence-corrected chi connectivity index (χ3v) is 2.89. The third kappa shape index (κ3) is 2.96. The van der Waals surface area contributed by atoms with E-state index in [2.05, 4.69) is 54.2 Å². The van der Waals surface area contributed by atoms with Gasteiger partial charge in [-0.2, -0.15) is 5.10 Å². The predicted molar refractivity (Wildman–Crippen MR) is 73.5 cm³/mol. The maximum Gasteiger partial charge on any atom is 0.181 e. The minimum absolute atomic E-state index is 0.815. The molecule has 0 aliphatic carbocycles. The summed E-state index contributed by atoms with van der Waals surface area (Å²) >= 11 is 0. The monoisotopic (exact) mass is 244 g/mol. The first-order chi connectivity index (χ1) is 8.56. The lowest BCUT2D eigenvalue weighted by molar-refractivity contribution is 0.370. The van der Waals surface area contributed by atoms with Crippen LogP contribution in [0.1, 0.15) is 11.4 Å². The van der Waals surface area contributed by atoms with E-state index >= 15 is 0 Å². The van der Waals surface area contributed by atoms with Crippen LogP contribution >= 0.6 is 0 Å². The van der Waals surface area contributed by atoms with Crippen molar-refractivity contribution >= 4 is 0 Å². The van der Waals surface area contributed by atoms with Crippen LogP contribution in [0.5, 0.6) is 0 Å². The van der Waals surface area contributed by atoms with Crippen molar-refractivity contribution in [2.24, 2.45) is 0 Å². The van der Waals surface area contributed by atoms with Crippen LogP contribution in [-0.2, 0) is 6.54 Å². The zero-order chi connectivity index (χ0) is 13.1. The van der Waals surface area contributed by atoms with Gasteiger partial charge in [0, 0.05) is 12.1 Å². The first-order valence-corrected chi connectivity index (χ1v) is 6.19. The van der Waals surface area contributed by atoms with E-state index in [1.165, 1.54) is 5.56 Å². The van der Waals surface area contributed by atoms with Gasteiger partial charge in [-0.05, 0) is 34.0 Å². The lowest BCUT2D eigenvalue weighted by Crippen LogP contribution is -2.19. The van der Waals surface area contributed by atoms with Crippen LogP contribution < -0.4 is 0 Å². The molecule has 18 heavy (non-hydrogen) atoms. The molecule has 4 heteroatoms. The Hall–Kier alpha value is -1.68. The molecule has 0 N–H and O–H groups in total. The maximum atomic E-state index is 4.57. The number of likely N-dealkylation sites (N-methyl/N-ethyl adjacent to an activating group) is 1. The number of benzene rings is 1. The second-order valence-electron chi connectivity index (χ2n) is 4.88. The van der Waals surface area contributed by atoms with Crippen molar-refractivity contribution in [1.82, 2.24) is 19.7 Å². The van der Waals surface area contributed by atoms with Gasteiger partial charge in [0.25, 0.3) is 0 Å². The zero-order valence-electron chi connectivity index (χ0n) is 11.5. The van der Waals surface area contributed by atoms with E-state index in [4.69, 9.17) is 0 Å². The largest absolute Gasteiger partial charge is 0.308 e. The SMILES string of the molecule is Cc1cccc(-c2nc(C)n(CCN(C)C)n2)c1. The molecule has 0 unspecified atom stereocenters. The fraction of sp³-hybridized carbons (Fsp3) is 0.429. The van der Waals surface area contributed by atoms with Crippen molar-refractivity contribution in [3.63, 3.8) is 0 Å². The molecule has 0 radical (unpaired) electrons. The Morgan fingerprint density at radius 3 is 2.67 bits per heavy atom. The van der Waals surface area contributed by atoms with Crippen molar-refractivity contribution in [2.75, 3.05) is 20.6 Å². The molecular weight excluding hydrogens is 224 g/mol. The second kappa shape index (κ2) is 5.31. The van der Waals surface area contributed by atoms with E-state index in [0.29, 0.717) is 0 Å². The highest BCUT2D eigenvalue weighted by molar-refractivity contribution is 5.55. The highest BCUT2D eigenvalue weighted by atomic mass is 15.4. The summed E-state index contributed by atoms with van der Waals surface area (Å²) in [4.78, 5) is 6.68. The molecule has 0 atom stereocenters. The molecule has 2 aromatic rings. The van der Waals surface area contributed by atoms with Crippen LogP contribution in [0.2, 0.25) is 0 Å². The molecule has 0 bridgehead atoms. The third-order valence-electron chi connectivity index (χ3n) is 2.89. The molecule has 0 amide bonds. The zero-order valence-corrected chi connectivity index (χ0v) is 11.5. The second-order valence-corrected chi connectivity index (χ2v) is 4.88. The average Bonchev–Trinajstić information content (AvgIpc) is 2.68. The first kappa shape index (κ1) is 12.8. The van der Waals surface area contributed by atoms with Gasteiger partial charge in [-0.15, -0.1) is 0 Å². The van der Waals surface area contributed by atoms with Crippen molar-refractivity contribution < 1.29 is 0 Å². The van der Waals surface area contributed by atoms with Crippen LogP contribution in [0, 0.1) is 13.8 Å². The van der Waals surface area contributed by atoms with Gasteiger partial charge in [0.1, 0.15) is 5.82 Å². The van der Waals surface area contributed by atoms with Crippen LogP contribution in [0.3, 0.4) is 0 Å². The Balaban J connectivity index is 2.23. The van der Waals surface area contributed by atoms with Gasteiger partial charge in [0.2, 0.25) is 0 Å². The molecule has 0 aliphatic heterocycles. The van der Waals surface area contributed by atoms with E-state index in [0.717, 1.165) is 30.3 Å². The topological polar surface area (TPSA) is 34.0 Å². The summed E-state index contributed by atoms with van der Waals surface area (Å²) in [7, 11) is 4.13. The number of aromatic nitrogens is 3. The number of rotatable bonds is 4. The standard InChI is InChI=1S/C14H20N4/c1-11-6-5-7-13(10-11)14-15-12(2)18(16-14)9-8-17(3)4/h5-7,10H,8-9H2,1-4H3. The van der Waals surface area contributed by atoms with Gasteiger partial charge >= 0.3 is 0 Å². The van der Waals surface area contributed by atoms with Crippen LogP contribution in [0.25, 0.3) is 11.4 Å². The summed E-state index contributed by atoms with van der Waals surface area (Å²) in [5.41, 5.74) is 2.32. The van der Waals surface area contributed by atoms with Gasteiger partial charge in [-0.1, -0.05) is 23.8 Å². The van der Waals surface area contributed by atoms with Crippen molar-refractivity contribution in [1.29, 1.82) is 0 Å². The molecule has 4 nitrogen and oxygen atoms in total. The fourth-order valence-electron chi connectivity index (χ4n) is 1.83. The Bertz CT molecular complexity index is 528. The Morgan fingerprint density at radius 1 is 1.22 bits per heavy atom. The lowest BCUT2D eigenvalue weighted by atomic mass is 10.1. The summed E-state index contributed by atoms with van der Waals surface area (Å²) in [6.45, 7) is 5.93. The molecular formula is C14H20N4. The van der Waals surface area contributed by atoms with E-state index in [-0.39, 0.29) is 0 Å². The molecule has 1 aromatic heterocycles. The van der Waals surface area contributed by atoms with Crippen LogP contribution in [-0.4, -0.2) is 40.3 Å². The minimum Gasteiger partial charge on any atom is -0.308 e. The van der Waals surface area contributed by atoms with E-state index < -0.39 is 0 Å². The summed E-state index contributed by atoms with van der Waals surface area (Å²) < 4.78 is 1.97. The highest BCUT2D eigenvalue weighted by Gasteiger charge is 2.08. The molecule has 1 aromatic carbocycles. The summed E-state index contributed by atoms with van der Waals surface area (Å²) in [5.74, 6) is 1.78. The molecule has 0 saturated heterocycles. The van der Waals surface area contributed by atoms with E-state index in [1.54, 1.807) is 0 Å². The molecule has 2 rings (SSSR count). The highest BCUT2D eigenvalue weighted by Crippen LogP contribution is 2.16. The van der Waals surface area contributed by atoms with Crippen molar-refractivity contribution in [3.8, 4) is 11.4 Å². The summed E-state index contributed by atoms with van der Waals surface area (Å²) in [5, 5.41) is 4.57. The number of hydrogen-bond donors (Lipinski definition) is 0. The Kier molecular flexibility index (Phi) is 3.77. The van der Waals surface area contributed by atoms with Gasteiger partial charge < -0.3 is 4.90 Å². The van der Waals surface area contributed by atoms with Crippen molar-refractivity contribution in [3.05, 3.63) is 35.7 Å². The van der Waals surface area contributed by atoms with E-state index in [9.17, 15) is 0 Å². The van der Waals surface area contributed by atoms with E-state index in [1.807, 2.05) is 17.7 Å². The minimum atomic E-state index is 0.815. The van der Waals surface area contributed by atoms with Crippen LogP contribution in [0.15, 0.2) is 24.3 Å². The molecule has 96 valence electrons. The van der Waals surface area contributed by atoms with Crippen LogP contribution in [0.4, 0.5) is 0 Å². The quantitative estimate of drug-likeness (QED) is 0.826. The smallest absolute Gasteiger partial charge is 0.181 e. The van der Waals surface area contributed by atoms with Gasteiger partial charge in [0.15, 0.2) is 5.82 Å². The van der Waals surface area contributed by atoms with Crippen molar-refractivity contribution in [2.45, 2.75) is 20.4 Å².